The number of rotatable bonds is 6. The minimum Gasteiger partial charge on any atom is -0.486 e. The molecular formula is C16H18FNO. The second kappa shape index (κ2) is 6.90. The van der Waals surface area contributed by atoms with Crippen LogP contribution < -0.4 is 10.1 Å². The lowest BCUT2D eigenvalue weighted by molar-refractivity contribution is 0.289. The third-order valence-corrected chi connectivity index (χ3v) is 2.98. The summed E-state index contributed by atoms with van der Waals surface area (Å²) in [4.78, 5) is 0. The minimum atomic E-state index is -0.324. The maximum Gasteiger partial charge on any atom is 0.165 e. The molecule has 0 atom stereocenters. The van der Waals surface area contributed by atoms with Crippen LogP contribution in [0.4, 0.5) is 4.39 Å². The summed E-state index contributed by atoms with van der Waals surface area (Å²) in [5.74, 6) is -0.0267. The molecule has 3 heteroatoms. The number of ether oxygens (including phenoxy) is 1. The van der Waals surface area contributed by atoms with Crippen molar-refractivity contribution in [3.63, 3.8) is 0 Å². The number of nitrogens with one attached hydrogen (secondary N) is 1. The molecule has 0 amide bonds. The van der Waals surface area contributed by atoms with E-state index in [-0.39, 0.29) is 5.82 Å². The summed E-state index contributed by atoms with van der Waals surface area (Å²) in [6.07, 6.45) is 0.938. The Morgan fingerprint density at radius 1 is 1.00 bits per heavy atom. The molecule has 2 rings (SSSR count). The number of hydrogen-bond donors (Lipinski definition) is 1. The Morgan fingerprint density at radius 3 is 2.42 bits per heavy atom. The molecule has 0 unspecified atom stereocenters. The van der Waals surface area contributed by atoms with E-state index >= 15 is 0 Å². The van der Waals surface area contributed by atoms with Crippen molar-refractivity contribution in [3.8, 4) is 5.75 Å². The van der Waals surface area contributed by atoms with Gasteiger partial charge in [-0.15, -0.1) is 0 Å². The molecule has 0 spiro atoms. The lowest BCUT2D eigenvalue weighted by atomic mass is 10.1. The normalized spacial score (nSPS) is 10.4. The molecule has 1 N–H and O–H groups in total. The summed E-state index contributed by atoms with van der Waals surface area (Å²) >= 11 is 0. The smallest absolute Gasteiger partial charge is 0.165 e. The largest absolute Gasteiger partial charge is 0.486 e. The van der Waals surface area contributed by atoms with Crippen molar-refractivity contribution in [1.82, 2.24) is 5.32 Å². The fourth-order valence-corrected chi connectivity index (χ4v) is 1.92. The molecule has 0 saturated heterocycles. The quantitative estimate of drug-likeness (QED) is 0.860. The summed E-state index contributed by atoms with van der Waals surface area (Å²) in [6.45, 7) is 1.30. The maximum absolute atomic E-state index is 13.5. The number of para-hydroxylation sites is 1. The predicted octanol–water partition coefficient (Wildman–Crippen LogP) is 3.17. The van der Waals surface area contributed by atoms with E-state index in [1.807, 2.05) is 25.2 Å². The molecule has 0 aliphatic heterocycles. The number of likely N-dealkylation sites (N-methyl/N-ethyl adjacent to an activating group) is 1. The Bertz CT molecular complexity index is 528. The molecule has 0 aliphatic carbocycles. The summed E-state index contributed by atoms with van der Waals surface area (Å²) in [5, 5.41) is 3.13. The Hall–Kier alpha value is -1.87. The maximum atomic E-state index is 13.5. The molecule has 0 aliphatic rings. The monoisotopic (exact) mass is 259 g/mol. The Balaban J connectivity index is 2.05. The topological polar surface area (TPSA) is 21.3 Å². The molecule has 2 nitrogen and oxygen atoms in total. The predicted molar refractivity (Wildman–Crippen MR) is 74.8 cm³/mol. The van der Waals surface area contributed by atoms with Crippen LogP contribution in [-0.4, -0.2) is 13.6 Å². The first-order valence-electron chi connectivity index (χ1n) is 6.40. The van der Waals surface area contributed by atoms with Crippen LogP contribution in [-0.2, 0) is 13.0 Å². The van der Waals surface area contributed by atoms with E-state index in [2.05, 4.69) is 11.4 Å². The van der Waals surface area contributed by atoms with Gasteiger partial charge in [0.15, 0.2) is 11.6 Å². The van der Waals surface area contributed by atoms with Crippen LogP contribution >= 0.6 is 0 Å². The molecule has 2 aromatic carbocycles. The van der Waals surface area contributed by atoms with Crippen molar-refractivity contribution < 1.29 is 9.13 Å². The molecular weight excluding hydrogens is 241 g/mol. The van der Waals surface area contributed by atoms with Crippen LogP contribution in [0.25, 0.3) is 0 Å². The second-order valence-electron chi connectivity index (χ2n) is 4.34. The third kappa shape index (κ3) is 3.80. The van der Waals surface area contributed by atoms with Crippen molar-refractivity contribution in [2.45, 2.75) is 13.0 Å². The average Bonchev–Trinajstić information content (AvgIpc) is 2.45. The van der Waals surface area contributed by atoms with Crippen molar-refractivity contribution in [2.24, 2.45) is 0 Å². The van der Waals surface area contributed by atoms with Crippen LogP contribution in [0, 0.1) is 5.82 Å². The van der Waals surface area contributed by atoms with Gasteiger partial charge in [-0.2, -0.15) is 0 Å². The van der Waals surface area contributed by atoms with E-state index < -0.39 is 0 Å². The SMILES string of the molecule is CNCCc1ccccc1COc1ccccc1F. The highest BCUT2D eigenvalue weighted by molar-refractivity contribution is 5.29. The van der Waals surface area contributed by atoms with E-state index in [1.54, 1.807) is 18.2 Å². The van der Waals surface area contributed by atoms with Gasteiger partial charge in [-0.05, 0) is 43.3 Å². The highest BCUT2D eigenvalue weighted by Gasteiger charge is 2.05. The molecule has 0 aromatic heterocycles. The highest BCUT2D eigenvalue weighted by Crippen LogP contribution is 2.18. The highest BCUT2D eigenvalue weighted by atomic mass is 19.1. The molecule has 0 bridgehead atoms. The fraction of sp³-hybridized carbons (Fsp3) is 0.250. The van der Waals surface area contributed by atoms with E-state index in [9.17, 15) is 4.39 Å². The minimum absolute atomic E-state index is 0.297. The van der Waals surface area contributed by atoms with Gasteiger partial charge in [-0.1, -0.05) is 36.4 Å². The van der Waals surface area contributed by atoms with Gasteiger partial charge in [0.1, 0.15) is 6.61 Å². The summed E-state index contributed by atoms with van der Waals surface area (Å²) in [5.41, 5.74) is 2.33. The summed E-state index contributed by atoms with van der Waals surface area (Å²) in [7, 11) is 1.93. The fourth-order valence-electron chi connectivity index (χ4n) is 1.92. The molecule has 0 radical (unpaired) electrons. The van der Waals surface area contributed by atoms with Crippen LogP contribution in [0.2, 0.25) is 0 Å². The van der Waals surface area contributed by atoms with Gasteiger partial charge in [0, 0.05) is 0 Å². The summed E-state index contributed by atoms with van der Waals surface area (Å²) < 4.78 is 19.0. The van der Waals surface area contributed by atoms with E-state index in [0.717, 1.165) is 18.5 Å². The third-order valence-electron chi connectivity index (χ3n) is 2.98. The van der Waals surface area contributed by atoms with Gasteiger partial charge in [0.25, 0.3) is 0 Å². The van der Waals surface area contributed by atoms with Gasteiger partial charge in [-0.3, -0.25) is 0 Å². The van der Waals surface area contributed by atoms with Crippen LogP contribution in [0.3, 0.4) is 0 Å². The lowest BCUT2D eigenvalue weighted by Gasteiger charge is -2.11. The first-order valence-corrected chi connectivity index (χ1v) is 6.40. The van der Waals surface area contributed by atoms with Gasteiger partial charge >= 0.3 is 0 Å². The molecule has 0 fully saturated rings. The van der Waals surface area contributed by atoms with Gasteiger partial charge < -0.3 is 10.1 Å². The van der Waals surface area contributed by atoms with E-state index in [4.69, 9.17) is 4.74 Å². The van der Waals surface area contributed by atoms with Crippen LogP contribution in [0.15, 0.2) is 48.5 Å². The summed E-state index contributed by atoms with van der Waals surface area (Å²) in [6, 6.07) is 14.6. The molecule has 2 aromatic rings. The van der Waals surface area contributed by atoms with Crippen molar-refractivity contribution in [2.75, 3.05) is 13.6 Å². The van der Waals surface area contributed by atoms with Crippen LogP contribution in [0.5, 0.6) is 5.75 Å². The Labute approximate surface area is 113 Å². The number of halogens is 1. The van der Waals surface area contributed by atoms with Gasteiger partial charge in [0.05, 0.1) is 0 Å². The number of benzene rings is 2. The molecule has 19 heavy (non-hydrogen) atoms. The van der Waals surface area contributed by atoms with Crippen molar-refractivity contribution in [1.29, 1.82) is 0 Å². The molecule has 0 heterocycles. The zero-order valence-electron chi connectivity index (χ0n) is 11.0. The van der Waals surface area contributed by atoms with Crippen molar-refractivity contribution >= 4 is 0 Å². The molecule has 0 saturated carbocycles. The first-order chi connectivity index (χ1) is 9.31. The first kappa shape index (κ1) is 13.6. The zero-order valence-corrected chi connectivity index (χ0v) is 11.0. The standard InChI is InChI=1S/C16H18FNO/c1-18-11-10-13-6-2-3-7-14(13)12-19-16-9-5-4-8-15(16)17/h2-9,18H,10-12H2,1H3. The van der Waals surface area contributed by atoms with Gasteiger partial charge in [0.2, 0.25) is 0 Å². The lowest BCUT2D eigenvalue weighted by Crippen LogP contribution is -2.12. The van der Waals surface area contributed by atoms with Crippen molar-refractivity contribution in [3.05, 3.63) is 65.5 Å². The molecule has 100 valence electrons. The Kier molecular flexibility index (Phi) is 4.93. The number of hydrogen-bond acceptors (Lipinski definition) is 2. The average molecular weight is 259 g/mol. The Morgan fingerprint density at radius 2 is 1.68 bits per heavy atom. The van der Waals surface area contributed by atoms with Gasteiger partial charge in [-0.25, -0.2) is 4.39 Å². The second-order valence-corrected chi connectivity index (χ2v) is 4.34. The van der Waals surface area contributed by atoms with Crippen LogP contribution in [0.1, 0.15) is 11.1 Å². The van der Waals surface area contributed by atoms with E-state index in [1.165, 1.54) is 11.6 Å². The van der Waals surface area contributed by atoms with E-state index in [0.29, 0.717) is 12.4 Å². The zero-order chi connectivity index (χ0) is 13.5.